The van der Waals surface area contributed by atoms with Crippen molar-refractivity contribution in [1.82, 2.24) is 14.9 Å². The second-order valence-corrected chi connectivity index (χ2v) is 11.8. The van der Waals surface area contributed by atoms with Crippen LogP contribution in [-0.4, -0.2) is 62.8 Å². The molecule has 206 valence electrons. The first-order valence-corrected chi connectivity index (χ1v) is 14.3. The van der Waals surface area contributed by atoms with Crippen LogP contribution in [0.1, 0.15) is 35.2 Å². The van der Waals surface area contributed by atoms with Crippen LogP contribution in [-0.2, 0) is 14.8 Å². The number of rotatable bonds is 6. The van der Waals surface area contributed by atoms with Gasteiger partial charge in [0.25, 0.3) is 11.8 Å². The lowest BCUT2D eigenvalue weighted by atomic mass is 10.0. The molecule has 3 N–H and O–H groups in total. The largest absolute Gasteiger partial charge is 0.341 e. The quantitative estimate of drug-likeness (QED) is 0.430. The maximum absolute atomic E-state index is 13.5. The number of likely N-dealkylation sites (tertiary alicyclic amines) is 1. The molecular formula is C28H30F2N4O4S. The van der Waals surface area contributed by atoms with Gasteiger partial charge in [0.05, 0.1) is 17.5 Å². The molecule has 1 atom stereocenters. The van der Waals surface area contributed by atoms with Crippen molar-refractivity contribution in [2.45, 2.75) is 49.1 Å². The van der Waals surface area contributed by atoms with E-state index in [1.807, 2.05) is 19.1 Å². The zero-order valence-corrected chi connectivity index (χ0v) is 22.2. The van der Waals surface area contributed by atoms with Gasteiger partial charge >= 0.3 is 0 Å². The van der Waals surface area contributed by atoms with Crippen LogP contribution in [0.25, 0.3) is 10.8 Å². The van der Waals surface area contributed by atoms with Crippen molar-refractivity contribution in [1.29, 1.82) is 0 Å². The number of hydrogen-bond acceptors (Lipinski definition) is 5. The summed E-state index contributed by atoms with van der Waals surface area (Å²) < 4.78 is 56.6. The molecule has 2 aliphatic rings. The van der Waals surface area contributed by atoms with Crippen LogP contribution < -0.4 is 15.4 Å². The van der Waals surface area contributed by atoms with Gasteiger partial charge in [0.15, 0.2) is 0 Å². The molecule has 0 aromatic heterocycles. The highest BCUT2D eigenvalue weighted by Crippen LogP contribution is 2.30. The Hall–Kier alpha value is -3.41. The Labute approximate surface area is 225 Å². The number of piperidine rings is 1. The van der Waals surface area contributed by atoms with Gasteiger partial charge in [-0.25, -0.2) is 21.9 Å². The van der Waals surface area contributed by atoms with Gasteiger partial charge in [-0.2, -0.15) is 0 Å². The number of halogens is 2. The Kier molecular flexibility index (Phi) is 7.41. The van der Waals surface area contributed by atoms with Crippen molar-refractivity contribution in [2.75, 3.05) is 25.0 Å². The maximum atomic E-state index is 13.5. The smallest absolute Gasteiger partial charge is 0.262 e. The van der Waals surface area contributed by atoms with Crippen LogP contribution in [0.5, 0.6) is 0 Å². The van der Waals surface area contributed by atoms with Crippen LogP contribution in [0.2, 0.25) is 0 Å². The Balaban J connectivity index is 1.29. The average Bonchev–Trinajstić information content (AvgIpc) is 3.28. The Morgan fingerprint density at radius 2 is 1.67 bits per heavy atom. The molecule has 2 fully saturated rings. The molecule has 5 rings (SSSR count). The molecule has 0 unspecified atom stereocenters. The van der Waals surface area contributed by atoms with Crippen molar-refractivity contribution in [2.24, 2.45) is 0 Å². The van der Waals surface area contributed by atoms with Crippen molar-refractivity contribution in [3.05, 3.63) is 71.8 Å². The highest BCUT2D eigenvalue weighted by Gasteiger charge is 2.44. The third kappa shape index (κ3) is 5.80. The van der Waals surface area contributed by atoms with E-state index in [0.717, 1.165) is 5.56 Å². The second-order valence-electron chi connectivity index (χ2n) is 10.1. The average molecular weight is 557 g/mol. The van der Waals surface area contributed by atoms with Gasteiger partial charge in [0, 0.05) is 47.6 Å². The summed E-state index contributed by atoms with van der Waals surface area (Å²) in [6.45, 7) is 1.89. The summed E-state index contributed by atoms with van der Waals surface area (Å²) in [5.74, 6) is -3.55. The minimum Gasteiger partial charge on any atom is -0.341 e. The molecule has 8 nitrogen and oxygen atoms in total. The van der Waals surface area contributed by atoms with Crippen molar-refractivity contribution in [3.8, 4) is 0 Å². The molecule has 0 bridgehead atoms. The Morgan fingerprint density at radius 1 is 0.974 bits per heavy atom. The summed E-state index contributed by atoms with van der Waals surface area (Å²) in [5, 5.41) is 6.54. The standard InChI is InChI=1S/C28H30F2N4O4S/c1-18-6-2-3-7-20(18)26(35)32-23-10-4-9-22-21(23)8-5-11-25(22)39(37,38)33-19-12-14-34(15-13-19)27(36)24-16-28(29,30)17-31-24/h2-11,19,24,31,33H,12-17H2,1H3,(H,32,35)/t24-/m0/s1. The van der Waals surface area contributed by atoms with Gasteiger partial charge in [-0.1, -0.05) is 42.5 Å². The topological polar surface area (TPSA) is 108 Å². The summed E-state index contributed by atoms with van der Waals surface area (Å²) >= 11 is 0. The molecule has 3 aromatic rings. The molecule has 0 aliphatic carbocycles. The summed E-state index contributed by atoms with van der Waals surface area (Å²) in [4.78, 5) is 27.1. The Bertz CT molecular complexity index is 1520. The molecule has 39 heavy (non-hydrogen) atoms. The monoisotopic (exact) mass is 556 g/mol. The van der Waals surface area contributed by atoms with Crippen LogP contribution >= 0.6 is 0 Å². The molecular weight excluding hydrogens is 526 g/mol. The molecule has 0 radical (unpaired) electrons. The first-order chi connectivity index (χ1) is 18.5. The number of amides is 2. The van der Waals surface area contributed by atoms with Crippen LogP contribution in [0, 0.1) is 6.92 Å². The van der Waals surface area contributed by atoms with E-state index in [0.29, 0.717) is 34.9 Å². The van der Waals surface area contributed by atoms with Gasteiger partial charge in [-0.05, 0) is 43.5 Å². The summed E-state index contributed by atoms with van der Waals surface area (Å²) in [6, 6.07) is 15.9. The SMILES string of the molecule is Cc1ccccc1C(=O)Nc1cccc2c(S(=O)(=O)NC3CCN(C(=O)[C@@H]4CC(F)(F)CN4)CC3)cccc12. The number of aryl methyl sites for hydroxylation is 1. The van der Waals surface area contributed by atoms with Gasteiger partial charge in [0.2, 0.25) is 15.9 Å². The zero-order valence-electron chi connectivity index (χ0n) is 21.4. The number of benzene rings is 3. The number of fused-ring (bicyclic) bond motifs is 1. The third-order valence-electron chi connectivity index (χ3n) is 7.35. The maximum Gasteiger partial charge on any atom is 0.262 e. The van der Waals surface area contributed by atoms with E-state index in [1.54, 1.807) is 42.5 Å². The molecule has 11 heteroatoms. The van der Waals surface area contributed by atoms with Crippen molar-refractivity contribution < 1.29 is 26.8 Å². The fourth-order valence-corrected chi connectivity index (χ4v) is 6.78. The van der Waals surface area contributed by atoms with Gasteiger partial charge in [-0.15, -0.1) is 0 Å². The normalized spacial score (nSPS) is 19.8. The van der Waals surface area contributed by atoms with E-state index in [4.69, 9.17) is 0 Å². The van der Waals surface area contributed by atoms with Crippen LogP contribution in [0.4, 0.5) is 14.5 Å². The minimum atomic E-state index is -3.94. The third-order valence-corrected chi connectivity index (χ3v) is 8.92. The highest BCUT2D eigenvalue weighted by atomic mass is 32.2. The van der Waals surface area contributed by atoms with Crippen LogP contribution in [0.3, 0.4) is 0 Å². The predicted octanol–water partition coefficient (Wildman–Crippen LogP) is 3.67. The van der Waals surface area contributed by atoms with Crippen molar-refractivity contribution >= 4 is 38.3 Å². The lowest BCUT2D eigenvalue weighted by Crippen LogP contribution is -2.50. The molecule has 0 spiro atoms. The molecule has 2 aliphatic heterocycles. The van der Waals surface area contributed by atoms with Gasteiger partial charge in [0.1, 0.15) is 0 Å². The Morgan fingerprint density at radius 3 is 2.36 bits per heavy atom. The van der Waals surface area contributed by atoms with E-state index in [2.05, 4.69) is 15.4 Å². The van der Waals surface area contributed by atoms with E-state index in [1.165, 1.54) is 11.0 Å². The highest BCUT2D eigenvalue weighted by molar-refractivity contribution is 7.89. The predicted molar refractivity (Wildman–Crippen MR) is 144 cm³/mol. The van der Waals surface area contributed by atoms with Gasteiger partial charge < -0.3 is 10.2 Å². The number of carbonyl (C=O) groups is 2. The lowest BCUT2D eigenvalue weighted by Gasteiger charge is -2.33. The van der Waals surface area contributed by atoms with Gasteiger partial charge in [-0.3, -0.25) is 14.9 Å². The number of nitrogens with zero attached hydrogens (tertiary/aromatic N) is 1. The second kappa shape index (κ2) is 10.6. The van der Waals surface area contributed by atoms with E-state index in [9.17, 15) is 26.8 Å². The molecule has 2 heterocycles. The first-order valence-electron chi connectivity index (χ1n) is 12.9. The zero-order chi connectivity index (χ0) is 27.8. The summed E-state index contributed by atoms with van der Waals surface area (Å²) in [7, 11) is -3.94. The van der Waals surface area contributed by atoms with E-state index < -0.39 is 41.0 Å². The number of hydrogen-bond donors (Lipinski definition) is 3. The van der Waals surface area contributed by atoms with Crippen LogP contribution in [0.15, 0.2) is 65.6 Å². The minimum absolute atomic E-state index is 0.0860. The molecule has 2 saturated heterocycles. The van der Waals surface area contributed by atoms with E-state index >= 15 is 0 Å². The molecule has 3 aromatic carbocycles. The van der Waals surface area contributed by atoms with Crippen molar-refractivity contribution in [3.63, 3.8) is 0 Å². The number of sulfonamides is 1. The number of carbonyl (C=O) groups excluding carboxylic acids is 2. The fraction of sp³-hybridized carbons (Fsp3) is 0.357. The number of alkyl halides is 2. The first kappa shape index (κ1) is 27.2. The van der Waals surface area contributed by atoms with E-state index in [-0.39, 0.29) is 29.8 Å². The number of anilines is 1. The summed E-state index contributed by atoms with van der Waals surface area (Å²) in [6.07, 6.45) is 0.222. The molecule has 0 saturated carbocycles. The fourth-order valence-electron chi connectivity index (χ4n) is 5.25. The molecule has 2 amide bonds. The number of nitrogens with one attached hydrogen (secondary N) is 3. The summed E-state index contributed by atoms with van der Waals surface area (Å²) in [5.41, 5.74) is 1.85. The lowest BCUT2D eigenvalue weighted by molar-refractivity contribution is -0.134.